The van der Waals surface area contributed by atoms with Crippen LogP contribution in [0, 0.1) is 0 Å². The first-order chi connectivity index (χ1) is 9.12. The zero-order chi connectivity index (χ0) is 13.5. The summed E-state index contributed by atoms with van der Waals surface area (Å²) in [5.74, 6) is 1.67. The molecule has 2 aliphatic rings. The summed E-state index contributed by atoms with van der Waals surface area (Å²) < 4.78 is 12.4. The molecule has 1 aromatic carbocycles. The van der Waals surface area contributed by atoms with Crippen LogP contribution in [0.2, 0.25) is 0 Å². The van der Waals surface area contributed by atoms with Crippen LogP contribution >= 0.6 is 15.9 Å². The number of nitrogens with one attached hydrogen (secondary N) is 1. The van der Waals surface area contributed by atoms with E-state index in [4.69, 9.17) is 9.47 Å². The molecule has 0 aromatic heterocycles. The molecule has 4 heteroatoms. The third-order valence-corrected chi connectivity index (χ3v) is 4.63. The molecule has 0 spiro atoms. The molecule has 1 aliphatic carbocycles. The molecule has 1 atom stereocenters. The summed E-state index contributed by atoms with van der Waals surface area (Å²) in [6.45, 7) is 3.33. The summed E-state index contributed by atoms with van der Waals surface area (Å²) in [4.78, 5) is 0. The van der Waals surface area contributed by atoms with Crippen LogP contribution in [-0.4, -0.2) is 19.8 Å². The molecule has 1 saturated carbocycles. The lowest BCUT2D eigenvalue weighted by molar-refractivity contribution is 0.279. The zero-order valence-electron chi connectivity index (χ0n) is 11.5. The molecule has 3 rings (SSSR count). The third-order valence-electron chi connectivity index (χ3n) is 4.04. The van der Waals surface area contributed by atoms with Crippen LogP contribution < -0.4 is 14.8 Å². The van der Waals surface area contributed by atoms with Gasteiger partial charge in [0.05, 0.1) is 17.7 Å². The van der Waals surface area contributed by atoms with Crippen molar-refractivity contribution >= 4 is 15.9 Å². The molecule has 104 valence electrons. The number of benzene rings is 1. The topological polar surface area (TPSA) is 30.5 Å². The van der Waals surface area contributed by atoms with Crippen LogP contribution in [0.25, 0.3) is 0 Å². The van der Waals surface area contributed by atoms with Crippen molar-refractivity contribution in [3.05, 3.63) is 22.2 Å². The van der Waals surface area contributed by atoms with E-state index in [1.165, 1.54) is 12.0 Å². The largest absolute Gasteiger partial charge is 0.493 e. The summed E-state index contributed by atoms with van der Waals surface area (Å²) in [7, 11) is 1.70. The summed E-state index contributed by atoms with van der Waals surface area (Å²) >= 11 is 3.63. The van der Waals surface area contributed by atoms with Crippen molar-refractivity contribution in [2.75, 3.05) is 13.7 Å². The van der Waals surface area contributed by atoms with Crippen LogP contribution in [0.1, 0.15) is 38.2 Å². The van der Waals surface area contributed by atoms with E-state index in [0.29, 0.717) is 6.10 Å². The second-order valence-electron chi connectivity index (χ2n) is 5.67. The van der Waals surface area contributed by atoms with Crippen molar-refractivity contribution in [3.8, 4) is 11.5 Å². The third kappa shape index (κ3) is 2.61. The van der Waals surface area contributed by atoms with E-state index >= 15 is 0 Å². The van der Waals surface area contributed by atoms with Gasteiger partial charge in [0.2, 0.25) is 0 Å². The monoisotopic (exact) mass is 325 g/mol. The van der Waals surface area contributed by atoms with Crippen molar-refractivity contribution in [1.82, 2.24) is 5.32 Å². The smallest absolute Gasteiger partial charge is 0.175 e. The molecular formula is C15H20BrNO2. The lowest BCUT2D eigenvalue weighted by atomic mass is 9.90. The van der Waals surface area contributed by atoms with Gasteiger partial charge in [-0.1, -0.05) is 0 Å². The minimum Gasteiger partial charge on any atom is -0.493 e. The van der Waals surface area contributed by atoms with Crippen molar-refractivity contribution < 1.29 is 9.47 Å². The summed E-state index contributed by atoms with van der Waals surface area (Å²) in [5.41, 5.74) is 1.31. The Morgan fingerprint density at radius 2 is 2.16 bits per heavy atom. The van der Waals surface area contributed by atoms with Crippen LogP contribution in [0.5, 0.6) is 11.5 Å². The first kappa shape index (κ1) is 13.3. The first-order valence-corrected chi connectivity index (χ1v) is 7.71. The highest BCUT2D eigenvalue weighted by atomic mass is 79.9. The number of hydrogen-bond acceptors (Lipinski definition) is 3. The van der Waals surface area contributed by atoms with Crippen molar-refractivity contribution in [3.63, 3.8) is 0 Å². The predicted molar refractivity (Wildman–Crippen MR) is 78.9 cm³/mol. The molecule has 3 nitrogen and oxygen atoms in total. The molecule has 1 aliphatic heterocycles. The van der Waals surface area contributed by atoms with Gasteiger partial charge in [0, 0.05) is 5.54 Å². The molecule has 1 heterocycles. The van der Waals surface area contributed by atoms with Crippen molar-refractivity contribution in [2.45, 2.75) is 44.2 Å². The van der Waals surface area contributed by atoms with Gasteiger partial charge in [0.25, 0.3) is 0 Å². The van der Waals surface area contributed by atoms with E-state index in [9.17, 15) is 0 Å². The Balaban J connectivity index is 1.96. The van der Waals surface area contributed by atoms with Gasteiger partial charge >= 0.3 is 0 Å². The number of methoxy groups -OCH3 is 1. The minimum atomic E-state index is 0.0495. The standard InChI is InChI=1S/C15H20BrNO2/c1-15(6-3-7-17-15)10-8-12(16)14(13(9-10)18-2)19-11-4-5-11/h8-9,11,17H,3-7H2,1-2H3. The molecule has 0 radical (unpaired) electrons. The Labute approximate surface area is 122 Å². The zero-order valence-corrected chi connectivity index (χ0v) is 13.0. The fraction of sp³-hybridized carbons (Fsp3) is 0.600. The first-order valence-electron chi connectivity index (χ1n) is 6.92. The average molecular weight is 326 g/mol. The SMILES string of the molecule is COc1cc(C2(C)CCCN2)cc(Br)c1OC1CC1. The normalized spacial score (nSPS) is 26.5. The highest BCUT2D eigenvalue weighted by Gasteiger charge is 2.32. The average Bonchev–Trinajstić information content (AvgIpc) is 3.11. The Morgan fingerprint density at radius 3 is 2.74 bits per heavy atom. The quantitative estimate of drug-likeness (QED) is 0.917. The second-order valence-corrected chi connectivity index (χ2v) is 6.52. The molecule has 1 N–H and O–H groups in total. The summed E-state index contributed by atoms with van der Waals surface area (Å²) in [5, 5.41) is 3.58. The Hall–Kier alpha value is -0.740. The van der Waals surface area contributed by atoms with E-state index in [2.05, 4.69) is 40.3 Å². The van der Waals surface area contributed by atoms with Gasteiger partial charge in [-0.3, -0.25) is 0 Å². The van der Waals surface area contributed by atoms with Crippen LogP contribution in [-0.2, 0) is 5.54 Å². The fourth-order valence-electron chi connectivity index (χ4n) is 2.65. The molecule has 1 unspecified atom stereocenters. The summed E-state index contributed by atoms with van der Waals surface area (Å²) in [6.07, 6.45) is 5.05. The maximum Gasteiger partial charge on any atom is 0.175 e. The highest BCUT2D eigenvalue weighted by Crippen LogP contribution is 2.43. The lowest BCUT2D eigenvalue weighted by Crippen LogP contribution is -2.33. The van der Waals surface area contributed by atoms with E-state index in [1.54, 1.807) is 7.11 Å². The van der Waals surface area contributed by atoms with E-state index < -0.39 is 0 Å². The van der Waals surface area contributed by atoms with Crippen molar-refractivity contribution in [2.24, 2.45) is 0 Å². The molecule has 19 heavy (non-hydrogen) atoms. The van der Waals surface area contributed by atoms with Crippen LogP contribution in [0.15, 0.2) is 16.6 Å². The molecule has 2 fully saturated rings. The predicted octanol–water partition coefficient (Wildman–Crippen LogP) is 3.60. The maximum atomic E-state index is 5.94. The highest BCUT2D eigenvalue weighted by molar-refractivity contribution is 9.10. The second kappa shape index (κ2) is 4.98. The number of halogens is 1. The number of rotatable bonds is 4. The van der Waals surface area contributed by atoms with Gasteiger partial charge in [0.15, 0.2) is 11.5 Å². The van der Waals surface area contributed by atoms with E-state index in [-0.39, 0.29) is 5.54 Å². The molecule has 0 amide bonds. The van der Waals surface area contributed by atoms with Gasteiger partial charge in [-0.2, -0.15) is 0 Å². The fourth-order valence-corrected chi connectivity index (χ4v) is 3.18. The molecule has 1 aromatic rings. The van der Waals surface area contributed by atoms with Gasteiger partial charge in [-0.15, -0.1) is 0 Å². The molecule has 0 bridgehead atoms. The Morgan fingerprint density at radius 1 is 1.37 bits per heavy atom. The minimum absolute atomic E-state index is 0.0495. The van der Waals surface area contributed by atoms with Gasteiger partial charge in [-0.05, 0) is 72.8 Å². The van der Waals surface area contributed by atoms with E-state index in [1.807, 2.05) is 0 Å². The molecular weight excluding hydrogens is 306 g/mol. The van der Waals surface area contributed by atoms with Crippen LogP contribution in [0.4, 0.5) is 0 Å². The van der Waals surface area contributed by atoms with Crippen LogP contribution in [0.3, 0.4) is 0 Å². The van der Waals surface area contributed by atoms with Gasteiger partial charge in [0.1, 0.15) is 0 Å². The Bertz CT molecular complexity index is 479. The van der Waals surface area contributed by atoms with Gasteiger partial charge < -0.3 is 14.8 Å². The van der Waals surface area contributed by atoms with Crippen molar-refractivity contribution in [1.29, 1.82) is 0 Å². The maximum absolute atomic E-state index is 5.94. The Kier molecular flexibility index (Phi) is 3.48. The summed E-state index contributed by atoms with van der Waals surface area (Å²) in [6, 6.07) is 4.28. The van der Waals surface area contributed by atoms with E-state index in [0.717, 1.165) is 41.8 Å². The van der Waals surface area contributed by atoms with Gasteiger partial charge in [-0.25, -0.2) is 0 Å². The number of ether oxygens (including phenoxy) is 2. The molecule has 1 saturated heterocycles. The number of hydrogen-bond donors (Lipinski definition) is 1. The lowest BCUT2D eigenvalue weighted by Gasteiger charge is -2.26.